The number of imidazole rings is 1. The summed E-state index contributed by atoms with van der Waals surface area (Å²) in [5, 5.41) is 0. The molecule has 0 saturated heterocycles. The molecule has 1 aromatic carbocycles. The summed E-state index contributed by atoms with van der Waals surface area (Å²) in [6.07, 6.45) is 3.65. The van der Waals surface area contributed by atoms with E-state index in [1.807, 2.05) is 4.57 Å². The zero-order valence-corrected chi connectivity index (χ0v) is 12.1. The summed E-state index contributed by atoms with van der Waals surface area (Å²) < 4.78 is 29.6. The lowest BCUT2D eigenvalue weighted by Crippen LogP contribution is -2.11. The summed E-state index contributed by atoms with van der Waals surface area (Å²) in [5.74, 6) is 0.185. The van der Waals surface area contributed by atoms with Crippen LogP contribution >= 0.6 is 11.6 Å². The first kappa shape index (κ1) is 13.8. The van der Waals surface area contributed by atoms with Crippen LogP contribution in [-0.4, -0.2) is 15.4 Å². The van der Waals surface area contributed by atoms with Gasteiger partial charge in [-0.25, -0.2) is 13.8 Å². The SMILES string of the molecule is CC1CCC(n2c(CCCl)nc3ccc(F)c(F)c32)C1. The molecule has 0 amide bonds. The van der Waals surface area contributed by atoms with Crippen molar-refractivity contribution >= 4 is 22.6 Å². The van der Waals surface area contributed by atoms with E-state index in [1.165, 1.54) is 0 Å². The molecule has 2 nitrogen and oxygen atoms in total. The fraction of sp³-hybridized carbons (Fsp3) is 0.533. The smallest absolute Gasteiger partial charge is 0.184 e. The van der Waals surface area contributed by atoms with E-state index in [9.17, 15) is 8.78 Å². The van der Waals surface area contributed by atoms with Crippen molar-refractivity contribution in [1.82, 2.24) is 9.55 Å². The number of aryl methyl sites for hydroxylation is 1. The van der Waals surface area contributed by atoms with E-state index < -0.39 is 11.6 Å². The average molecular weight is 299 g/mol. The van der Waals surface area contributed by atoms with E-state index in [0.29, 0.717) is 29.3 Å². The minimum atomic E-state index is -0.817. The van der Waals surface area contributed by atoms with Gasteiger partial charge in [-0.15, -0.1) is 11.6 Å². The van der Waals surface area contributed by atoms with Crippen molar-refractivity contribution in [2.45, 2.75) is 38.6 Å². The summed E-state index contributed by atoms with van der Waals surface area (Å²) in [5.41, 5.74) is 0.813. The van der Waals surface area contributed by atoms with E-state index >= 15 is 0 Å². The third-order valence-electron chi connectivity index (χ3n) is 4.17. The molecule has 20 heavy (non-hydrogen) atoms. The Kier molecular flexibility index (Phi) is 3.67. The number of hydrogen-bond donors (Lipinski definition) is 0. The van der Waals surface area contributed by atoms with Crippen molar-refractivity contribution in [3.63, 3.8) is 0 Å². The van der Waals surface area contributed by atoms with Gasteiger partial charge in [0.25, 0.3) is 0 Å². The van der Waals surface area contributed by atoms with Crippen LogP contribution in [0, 0.1) is 17.6 Å². The zero-order chi connectivity index (χ0) is 14.3. The van der Waals surface area contributed by atoms with Crippen molar-refractivity contribution in [2.24, 2.45) is 5.92 Å². The second-order valence-electron chi connectivity index (χ2n) is 5.64. The summed E-state index contributed by atoms with van der Waals surface area (Å²) in [4.78, 5) is 4.45. The minimum absolute atomic E-state index is 0.199. The van der Waals surface area contributed by atoms with E-state index in [-0.39, 0.29) is 6.04 Å². The van der Waals surface area contributed by atoms with Crippen molar-refractivity contribution in [2.75, 3.05) is 5.88 Å². The van der Waals surface area contributed by atoms with Gasteiger partial charge in [0.2, 0.25) is 0 Å². The van der Waals surface area contributed by atoms with Gasteiger partial charge in [-0.05, 0) is 37.3 Å². The number of aromatic nitrogens is 2. The molecule has 1 aliphatic rings. The Labute approximate surface area is 121 Å². The first-order valence-electron chi connectivity index (χ1n) is 7.02. The third-order valence-corrected chi connectivity index (χ3v) is 4.36. The summed E-state index contributed by atoms with van der Waals surface area (Å²) >= 11 is 5.82. The Morgan fingerprint density at radius 3 is 2.80 bits per heavy atom. The lowest BCUT2D eigenvalue weighted by molar-refractivity contribution is 0.472. The van der Waals surface area contributed by atoms with E-state index in [4.69, 9.17) is 11.6 Å². The van der Waals surface area contributed by atoms with Gasteiger partial charge >= 0.3 is 0 Å². The van der Waals surface area contributed by atoms with Crippen LogP contribution in [-0.2, 0) is 6.42 Å². The molecule has 2 aromatic rings. The Morgan fingerprint density at radius 2 is 2.15 bits per heavy atom. The molecule has 5 heteroatoms. The topological polar surface area (TPSA) is 17.8 Å². The van der Waals surface area contributed by atoms with Crippen LogP contribution in [0.25, 0.3) is 11.0 Å². The second-order valence-corrected chi connectivity index (χ2v) is 6.02. The van der Waals surface area contributed by atoms with Gasteiger partial charge in [-0.2, -0.15) is 0 Å². The monoisotopic (exact) mass is 298 g/mol. The quantitative estimate of drug-likeness (QED) is 0.765. The van der Waals surface area contributed by atoms with Crippen molar-refractivity contribution in [3.8, 4) is 0 Å². The molecule has 1 aromatic heterocycles. The van der Waals surface area contributed by atoms with E-state index in [0.717, 1.165) is 31.2 Å². The Balaban J connectivity index is 2.19. The lowest BCUT2D eigenvalue weighted by Gasteiger charge is -2.17. The number of fused-ring (bicyclic) bond motifs is 1. The van der Waals surface area contributed by atoms with E-state index in [2.05, 4.69) is 11.9 Å². The molecule has 0 bridgehead atoms. The lowest BCUT2D eigenvalue weighted by atomic mass is 10.1. The standard InChI is InChI=1S/C15H17ClF2N2/c1-9-2-3-10(8-9)20-13(6-7-16)19-12-5-4-11(17)14(18)15(12)20/h4-5,9-10H,2-3,6-8H2,1H3. The molecule has 108 valence electrons. The Morgan fingerprint density at radius 1 is 1.35 bits per heavy atom. The van der Waals surface area contributed by atoms with Gasteiger partial charge in [0.05, 0.1) is 5.52 Å². The van der Waals surface area contributed by atoms with Crippen LogP contribution in [0.2, 0.25) is 0 Å². The summed E-state index contributed by atoms with van der Waals surface area (Å²) in [6, 6.07) is 2.88. The van der Waals surface area contributed by atoms with E-state index in [1.54, 1.807) is 6.07 Å². The Bertz CT molecular complexity index is 638. The molecule has 3 rings (SSSR count). The molecule has 2 unspecified atom stereocenters. The highest BCUT2D eigenvalue weighted by Gasteiger charge is 2.28. The predicted molar refractivity (Wildman–Crippen MR) is 76.1 cm³/mol. The zero-order valence-electron chi connectivity index (χ0n) is 11.4. The van der Waals surface area contributed by atoms with Crippen LogP contribution in [0.5, 0.6) is 0 Å². The van der Waals surface area contributed by atoms with Crippen LogP contribution in [0.4, 0.5) is 8.78 Å². The largest absolute Gasteiger partial charge is 0.322 e. The highest BCUT2D eigenvalue weighted by molar-refractivity contribution is 6.17. The summed E-state index contributed by atoms with van der Waals surface area (Å²) in [7, 11) is 0. The summed E-state index contributed by atoms with van der Waals surface area (Å²) in [6.45, 7) is 2.19. The van der Waals surface area contributed by atoms with Crippen molar-refractivity contribution < 1.29 is 8.78 Å². The Hall–Kier alpha value is -1.16. The molecule has 1 saturated carbocycles. The number of nitrogens with zero attached hydrogens (tertiary/aromatic N) is 2. The second kappa shape index (κ2) is 5.32. The highest BCUT2D eigenvalue weighted by Crippen LogP contribution is 2.38. The fourth-order valence-corrected chi connectivity index (χ4v) is 3.41. The minimum Gasteiger partial charge on any atom is -0.322 e. The number of hydrogen-bond acceptors (Lipinski definition) is 1. The first-order chi connectivity index (χ1) is 9.61. The average Bonchev–Trinajstić information content (AvgIpc) is 2.98. The number of alkyl halides is 1. The molecule has 0 spiro atoms. The molecule has 2 atom stereocenters. The maximum Gasteiger partial charge on any atom is 0.184 e. The predicted octanol–water partition coefficient (Wildman–Crippen LogP) is 4.46. The normalized spacial score (nSPS) is 22.8. The molecule has 1 aliphatic carbocycles. The van der Waals surface area contributed by atoms with Gasteiger partial charge in [-0.3, -0.25) is 0 Å². The molecular formula is C15H17ClF2N2. The van der Waals surface area contributed by atoms with Gasteiger partial charge in [0.15, 0.2) is 11.6 Å². The van der Waals surface area contributed by atoms with Crippen molar-refractivity contribution in [3.05, 3.63) is 29.6 Å². The van der Waals surface area contributed by atoms with Crippen molar-refractivity contribution in [1.29, 1.82) is 0 Å². The molecule has 0 radical (unpaired) electrons. The molecule has 0 N–H and O–H groups in total. The fourth-order valence-electron chi connectivity index (χ4n) is 3.24. The number of halogens is 3. The van der Waals surface area contributed by atoms with Crippen LogP contribution in [0.3, 0.4) is 0 Å². The van der Waals surface area contributed by atoms with Gasteiger partial charge in [-0.1, -0.05) is 6.92 Å². The van der Waals surface area contributed by atoms with Crippen LogP contribution < -0.4 is 0 Å². The molecule has 0 aliphatic heterocycles. The molecule has 1 fully saturated rings. The maximum absolute atomic E-state index is 14.2. The third kappa shape index (κ3) is 2.20. The van der Waals surface area contributed by atoms with Gasteiger partial charge in [0.1, 0.15) is 11.3 Å². The van der Waals surface area contributed by atoms with Gasteiger partial charge < -0.3 is 4.57 Å². The highest BCUT2D eigenvalue weighted by atomic mass is 35.5. The maximum atomic E-state index is 14.2. The van der Waals surface area contributed by atoms with Crippen LogP contribution in [0.1, 0.15) is 38.1 Å². The molecular weight excluding hydrogens is 282 g/mol. The first-order valence-corrected chi connectivity index (χ1v) is 7.56. The molecule has 1 heterocycles. The van der Waals surface area contributed by atoms with Crippen LogP contribution in [0.15, 0.2) is 12.1 Å². The van der Waals surface area contributed by atoms with Gasteiger partial charge in [0, 0.05) is 18.3 Å². The number of benzene rings is 1. The number of rotatable bonds is 3.